The number of anilines is 1. The number of fused-ring (bicyclic) bond motifs is 4. The van der Waals surface area contributed by atoms with E-state index in [9.17, 15) is 9.59 Å². The van der Waals surface area contributed by atoms with E-state index in [1.807, 2.05) is 74.0 Å². The fraction of sp³-hybridized carbons (Fsp3) is 0.172. The average molecular weight is 543 g/mol. The maximum Gasteiger partial charge on any atom is 0.349 e. The van der Waals surface area contributed by atoms with Gasteiger partial charge in [0.05, 0.1) is 22.5 Å². The minimum absolute atomic E-state index is 0.0452. The van der Waals surface area contributed by atoms with Gasteiger partial charge in [0.1, 0.15) is 11.1 Å². The third kappa shape index (κ3) is 4.15. The van der Waals surface area contributed by atoms with Crippen LogP contribution in [-0.2, 0) is 6.54 Å². The van der Waals surface area contributed by atoms with E-state index in [0.717, 1.165) is 37.9 Å². The van der Waals surface area contributed by atoms with Crippen molar-refractivity contribution in [3.05, 3.63) is 98.6 Å². The molecule has 1 amide bonds. The molecule has 9 heteroatoms. The summed E-state index contributed by atoms with van der Waals surface area (Å²) in [6, 6.07) is 18.8. The Kier molecular flexibility index (Phi) is 6.01. The number of carbonyl (C=O) groups excluding carboxylic acids is 1. The third-order valence-corrected chi connectivity index (χ3v) is 8.18. The van der Waals surface area contributed by atoms with Gasteiger partial charge in [-0.3, -0.25) is 14.4 Å². The average Bonchev–Trinajstić information content (AvgIpc) is 3.48. The molecule has 0 aliphatic carbocycles. The number of benzene rings is 3. The molecule has 38 heavy (non-hydrogen) atoms. The van der Waals surface area contributed by atoms with Crippen molar-refractivity contribution >= 4 is 65.9 Å². The lowest BCUT2D eigenvalue weighted by Crippen LogP contribution is -2.36. The molecule has 3 heterocycles. The second-order valence-corrected chi connectivity index (χ2v) is 10.7. The van der Waals surface area contributed by atoms with Crippen LogP contribution in [0.4, 0.5) is 5.13 Å². The Morgan fingerprint density at radius 3 is 2.66 bits per heavy atom. The fourth-order valence-electron chi connectivity index (χ4n) is 4.75. The minimum Gasteiger partial charge on any atom is -0.422 e. The summed E-state index contributed by atoms with van der Waals surface area (Å²) in [7, 11) is 0. The van der Waals surface area contributed by atoms with Gasteiger partial charge < -0.3 is 4.42 Å². The summed E-state index contributed by atoms with van der Waals surface area (Å²) < 4.78 is 8.39. The van der Waals surface area contributed by atoms with E-state index >= 15 is 0 Å². The molecule has 0 saturated carbocycles. The van der Waals surface area contributed by atoms with E-state index in [2.05, 4.69) is 5.10 Å². The standard InChI is InChI=1S/C29H23ClN4O3S/c1-16-14-17(2)34(32-16)13-12-33(29-31-26-18(3)23(30)9-11-25(26)38-29)27(35)22-15-21-20-7-5-4-6-19(20)8-10-24(21)37-28(22)36/h4-11,14-15H,12-13H2,1-3H3. The van der Waals surface area contributed by atoms with Crippen molar-refractivity contribution in [3.8, 4) is 0 Å². The molecular weight excluding hydrogens is 520 g/mol. The van der Waals surface area contributed by atoms with Crippen LogP contribution in [0.25, 0.3) is 32.0 Å². The molecule has 6 rings (SSSR count). The van der Waals surface area contributed by atoms with Gasteiger partial charge in [0, 0.05) is 22.6 Å². The number of aryl methyl sites for hydroxylation is 3. The van der Waals surface area contributed by atoms with Crippen molar-refractivity contribution < 1.29 is 9.21 Å². The van der Waals surface area contributed by atoms with Crippen molar-refractivity contribution in [1.29, 1.82) is 0 Å². The van der Waals surface area contributed by atoms with Gasteiger partial charge in [0.25, 0.3) is 5.91 Å². The Morgan fingerprint density at radius 2 is 1.87 bits per heavy atom. The molecule has 0 bridgehead atoms. The summed E-state index contributed by atoms with van der Waals surface area (Å²) >= 11 is 7.72. The van der Waals surface area contributed by atoms with Crippen LogP contribution in [0.15, 0.2) is 69.9 Å². The first-order chi connectivity index (χ1) is 18.3. The van der Waals surface area contributed by atoms with Gasteiger partial charge in [-0.05, 0) is 67.4 Å². The molecule has 7 nitrogen and oxygen atoms in total. The zero-order valence-electron chi connectivity index (χ0n) is 21.0. The maximum atomic E-state index is 14.1. The number of thiazole rings is 1. The van der Waals surface area contributed by atoms with Crippen molar-refractivity contribution in [3.63, 3.8) is 0 Å². The molecule has 0 aliphatic heterocycles. The number of amides is 1. The molecule has 0 N–H and O–H groups in total. The lowest BCUT2D eigenvalue weighted by atomic mass is 10.0. The molecule has 0 atom stereocenters. The Hall–Kier alpha value is -4.01. The second-order valence-electron chi connectivity index (χ2n) is 9.27. The van der Waals surface area contributed by atoms with Crippen molar-refractivity contribution in [2.75, 3.05) is 11.4 Å². The van der Waals surface area contributed by atoms with Crippen LogP contribution in [-0.4, -0.2) is 27.2 Å². The highest BCUT2D eigenvalue weighted by atomic mass is 35.5. The fourth-order valence-corrected chi connectivity index (χ4v) is 5.95. The van der Waals surface area contributed by atoms with Gasteiger partial charge >= 0.3 is 5.63 Å². The molecule has 0 spiro atoms. The molecule has 0 radical (unpaired) electrons. The van der Waals surface area contributed by atoms with E-state index in [4.69, 9.17) is 21.0 Å². The highest BCUT2D eigenvalue weighted by Gasteiger charge is 2.26. The molecule has 3 aromatic carbocycles. The number of rotatable bonds is 5. The van der Waals surface area contributed by atoms with Crippen molar-refractivity contribution in [1.82, 2.24) is 14.8 Å². The summed E-state index contributed by atoms with van der Waals surface area (Å²) in [5.74, 6) is -0.474. The van der Waals surface area contributed by atoms with Crippen molar-refractivity contribution in [2.24, 2.45) is 0 Å². The van der Waals surface area contributed by atoms with E-state index < -0.39 is 11.5 Å². The SMILES string of the molecule is Cc1cc(C)n(CCN(C(=O)c2cc3c(ccc4ccccc43)oc2=O)c2nc3c(C)c(Cl)ccc3s2)n1. The smallest absolute Gasteiger partial charge is 0.349 e. The maximum absolute atomic E-state index is 14.1. The first-order valence-electron chi connectivity index (χ1n) is 12.1. The monoisotopic (exact) mass is 542 g/mol. The second kappa shape index (κ2) is 9.38. The molecule has 0 unspecified atom stereocenters. The zero-order valence-corrected chi connectivity index (χ0v) is 22.6. The minimum atomic E-state index is -0.686. The molecule has 0 fully saturated rings. The third-order valence-electron chi connectivity index (χ3n) is 6.72. The normalized spacial score (nSPS) is 11.6. The van der Waals surface area contributed by atoms with E-state index in [1.165, 1.54) is 16.2 Å². The molecule has 3 aromatic heterocycles. The van der Waals surface area contributed by atoms with Crippen LogP contribution in [0.2, 0.25) is 5.02 Å². The predicted molar refractivity (Wildman–Crippen MR) is 153 cm³/mol. The molecule has 0 aliphatic rings. The highest BCUT2D eigenvalue weighted by molar-refractivity contribution is 7.22. The van der Waals surface area contributed by atoms with Gasteiger partial charge in [0.2, 0.25) is 0 Å². The first-order valence-corrected chi connectivity index (χ1v) is 13.3. The summed E-state index contributed by atoms with van der Waals surface area (Å²) in [6.45, 7) is 6.50. The number of hydrogen-bond donors (Lipinski definition) is 0. The first kappa shape index (κ1) is 24.3. The summed E-state index contributed by atoms with van der Waals surface area (Å²) in [4.78, 5) is 33.5. The topological polar surface area (TPSA) is 81.2 Å². The summed E-state index contributed by atoms with van der Waals surface area (Å²) in [6.07, 6.45) is 0. The van der Waals surface area contributed by atoms with Crippen LogP contribution in [0.1, 0.15) is 27.3 Å². The number of nitrogens with zero attached hydrogens (tertiary/aromatic N) is 4. The van der Waals surface area contributed by atoms with Gasteiger partial charge in [-0.25, -0.2) is 9.78 Å². The number of carbonyl (C=O) groups is 1. The zero-order chi connectivity index (χ0) is 26.6. The van der Waals surface area contributed by atoms with Crippen LogP contribution in [0.5, 0.6) is 0 Å². The molecule has 190 valence electrons. The van der Waals surface area contributed by atoms with Crippen LogP contribution in [0, 0.1) is 20.8 Å². The van der Waals surface area contributed by atoms with Gasteiger partial charge in [-0.15, -0.1) is 0 Å². The van der Waals surface area contributed by atoms with Crippen molar-refractivity contribution in [2.45, 2.75) is 27.3 Å². The Balaban J connectivity index is 1.48. The quantitative estimate of drug-likeness (QED) is 0.179. The molecule has 0 saturated heterocycles. The van der Waals surface area contributed by atoms with Gasteiger partial charge in [-0.2, -0.15) is 5.10 Å². The largest absolute Gasteiger partial charge is 0.422 e. The van der Waals surface area contributed by atoms with Crippen LogP contribution >= 0.6 is 22.9 Å². The van der Waals surface area contributed by atoms with Gasteiger partial charge in [-0.1, -0.05) is 53.3 Å². The lowest BCUT2D eigenvalue weighted by Gasteiger charge is -2.20. The van der Waals surface area contributed by atoms with Gasteiger partial charge in [0.15, 0.2) is 5.13 Å². The Bertz CT molecular complexity index is 1940. The highest BCUT2D eigenvalue weighted by Crippen LogP contribution is 2.34. The Morgan fingerprint density at radius 1 is 1.05 bits per heavy atom. The molecular formula is C29H23ClN4O3S. The number of halogens is 1. The van der Waals surface area contributed by atoms with E-state index in [-0.39, 0.29) is 12.1 Å². The Labute approximate surface area is 226 Å². The van der Waals surface area contributed by atoms with Crippen LogP contribution in [0.3, 0.4) is 0 Å². The van der Waals surface area contributed by atoms with Crippen LogP contribution < -0.4 is 10.5 Å². The molecule has 6 aromatic rings. The summed E-state index contributed by atoms with van der Waals surface area (Å²) in [5.41, 5.74) is 3.16. The van der Waals surface area contributed by atoms with E-state index in [1.54, 1.807) is 12.1 Å². The van der Waals surface area contributed by atoms with E-state index in [0.29, 0.717) is 27.7 Å². The number of aromatic nitrogens is 3. The summed E-state index contributed by atoms with van der Waals surface area (Å²) in [5, 5.41) is 8.22. The lowest BCUT2D eigenvalue weighted by molar-refractivity contribution is 0.0982. The number of hydrogen-bond acceptors (Lipinski definition) is 6. The predicted octanol–water partition coefficient (Wildman–Crippen LogP) is 6.68.